The third-order valence-corrected chi connectivity index (χ3v) is 5.62. The maximum atomic E-state index is 4.39. The molecule has 0 bridgehead atoms. The fourth-order valence-electron chi connectivity index (χ4n) is 0.983. The molecule has 0 spiro atoms. The molecule has 1 unspecified atom stereocenters. The quantitative estimate of drug-likeness (QED) is 0.740. The molecule has 1 aromatic heterocycles. The molecule has 0 N–H and O–H groups in total. The van der Waals surface area contributed by atoms with E-state index in [0.29, 0.717) is 5.25 Å². The van der Waals surface area contributed by atoms with Crippen LogP contribution in [-0.2, 0) is 0 Å². The molecular weight excluding hydrogens is 323 g/mol. The van der Waals surface area contributed by atoms with Gasteiger partial charge in [-0.25, -0.2) is 4.98 Å². The third-order valence-electron chi connectivity index (χ3n) is 1.52. The molecule has 0 saturated carbocycles. The van der Waals surface area contributed by atoms with Gasteiger partial charge in [0.05, 0.1) is 5.25 Å². The minimum atomic E-state index is 0.545. The highest BCUT2D eigenvalue weighted by Crippen LogP contribution is 2.35. The summed E-state index contributed by atoms with van der Waals surface area (Å²) < 4.78 is 5.38. The van der Waals surface area contributed by atoms with E-state index < -0.39 is 0 Å². The molecule has 66 valence electrons. The summed E-state index contributed by atoms with van der Waals surface area (Å²) in [6, 6.07) is 0. The molecule has 0 radical (unpaired) electrons. The second-order valence-electron chi connectivity index (χ2n) is 2.34. The average Bonchev–Trinajstić information content (AvgIpc) is 2.54. The molecule has 0 aromatic carbocycles. The smallest absolute Gasteiger partial charge is 0.174 e. The first-order valence-corrected chi connectivity index (χ1v) is 7.60. The second kappa shape index (κ2) is 4.47. The molecule has 1 aromatic rings. The maximum absolute atomic E-state index is 4.39. The fourth-order valence-corrected chi connectivity index (χ4v) is 4.66. The van der Waals surface area contributed by atoms with Crippen LogP contribution < -0.4 is 0 Å². The maximum Gasteiger partial charge on any atom is 0.174 e. The van der Waals surface area contributed by atoms with Gasteiger partial charge < -0.3 is 0 Å². The lowest BCUT2D eigenvalue weighted by Crippen LogP contribution is -2.07. The van der Waals surface area contributed by atoms with E-state index in [1.807, 2.05) is 23.5 Å². The Hall–Kier alpha value is 0.990. The Balaban J connectivity index is 2.08. The molecule has 0 aliphatic carbocycles. The number of thioether (sulfide) groups is 2. The molecule has 12 heavy (non-hydrogen) atoms. The zero-order chi connectivity index (χ0) is 8.39. The van der Waals surface area contributed by atoms with Crippen molar-refractivity contribution in [3.8, 4) is 0 Å². The van der Waals surface area contributed by atoms with E-state index in [-0.39, 0.29) is 0 Å². The summed E-state index contributed by atoms with van der Waals surface area (Å²) in [7, 11) is 0. The van der Waals surface area contributed by atoms with Gasteiger partial charge in [0.2, 0.25) is 0 Å². The van der Waals surface area contributed by atoms with Gasteiger partial charge in [-0.05, 0) is 34.1 Å². The molecule has 1 atom stereocenters. The molecule has 2 nitrogen and oxygen atoms in total. The Morgan fingerprint density at radius 2 is 2.33 bits per heavy atom. The Morgan fingerprint density at radius 3 is 2.92 bits per heavy atom. The summed E-state index contributed by atoms with van der Waals surface area (Å²) in [5.74, 6) is 4.74. The standard InChI is InChI=1S/C6H7IN2S3/c7-6-8-5(9-12-6)4-3-10-1-2-11-4/h4H,1-3H2. The zero-order valence-corrected chi connectivity index (χ0v) is 10.8. The first kappa shape index (κ1) is 9.54. The fraction of sp³-hybridized carbons (Fsp3) is 0.667. The molecule has 1 aliphatic rings. The molecule has 0 amide bonds. The van der Waals surface area contributed by atoms with Crippen LogP contribution in [0.1, 0.15) is 11.1 Å². The molecule has 1 aliphatic heterocycles. The van der Waals surface area contributed by atoms with Crippen LogP contribution in [0.5, 0.6) is 0 Å². The van der Waals surface area contributed by atoms with Gasteiger partial charge in [0.1, 0.15) is 0 Å². The predicted molar refractivity (Wildman–Crippen MR) is 65.2 cm³/mol. The third kappa shape index (κ3) is 2.27. The number of hydrogen-bond acceptors (Lipinski definition) is 5. The van der Waals surface area contributed by atoms with E-state index in [9.17, 15) is 0 Å². The second-order valence-corrected chi connectivity index (χ2v) is 7.31. The summed E-state index contributed by atoms with van der Waals surface area (Å²) in [6.07, 6.45) is 0. The van der Waals surface area contributed by atoms with E-state index in [1.54, 1.807) is 0 Å². The van der Waals surface area contributed by atoms with Crippen molar-refractivity contribution < 1.29 is 0 Å². The molecule has 2 heterocycles. The summed E-state index contributed by atoms with van der Waals surface area (Å²) in [5, 5.41) is 0.545. The van der Waals surface area contributed by atoms with Crippen LogP contribution in [0, 0.1) is 3.01 Å². The number of aromatic nitrogens is 2. The predicted octanol–water partition coefficient (Wildman–Crippen LogP) is 2.66. The molecule has 1 fully saturated rings. The van der Waals surface area contributed by atoms with Gasteiger partial charge >= 0.3 is 0 Å². The van der Waals surface area contributed by atoms with E-state index in [1.165, 1.54) is 28.8 Å². The van der Waals surface area contributed by atoms with Crippen LogP contribution in [0.3, 0.4) is 0 Å². The number of nitrogens with zero attached hydrogens (tertiary/aromatic N) is 2. The first-order chi connectivity index (χ1) is 5.86. The highest BCUT2D eigenvalue weighted by molar-refractivity contribution is 14.1. The van der Waals surface area contributed by atoms with E-state index in [4.69, 9.17) is 0 Å². The van der Waals surface area contributed by atoms with Gasteiger partial charge in [-0.1, -0.05) is 0 Å². The number of rotatable bonds is 1. The van der Waals surface area contributed by atoms with Gasteiger partial charge in [-0.15, -0.1) is 11.8 Å². The van der Waals surface area contributed by atoms with Gasteiger partial charge in [-0.2, -0.15) is 16.1 Å². The Kier molecular flexibility index (Phi) is 3.56. The van der Waals surface area contributed by atoms with E-state index in [2.05, 4.69) is 31.9 Å². The average molecular weight is 330 g/mol. The van der Waals surface area contributed by atoms with E-state index >= 15 is 0 Å². The van der Waals surface area contributed by atoms with Gasteiger partial charge in [-0.3, -0.25) is 0 Å². The Bertz CT molecular complexity index is 259. The van der Waals surface area contributed by atoms with Crippen molar-refractivity contribution in [2.45, 2.75) is 5.25 Å². The van der Waals surface area contributed by atoms with Crippen molar-refractivity contribution in [1.29, 1.82) is 0 Å². The lowest BCUT2D eigenvalue weighted by atomic mass is 10.4. The largest absolute Gasteiger partial charge is 0.212 e. The normalized spacial score (nSPS) is 24.2. The van der Waals surface area contributed by atoms with E-state index in [0.717, 1.165) is 8.84 Å². The summed E-state index contributed by atoms with van der Waals surface area (Å²) in [6.45, 7) is 0. The SMILES string of the molecule is Ic1nc(C2CSCCS2)ns1. The van der Waals surface area contributed by atoms with Crippen LogP contribution >= 0.6 is 57.6 Å². The minimum Gasteiger partial charge on any atom is -0.212 e. The number of halogens is 1. The molecule has 1 saturated heterocycles. The highest BCUT2D eigenvalue weighted by atomic mass is 127. The molecule has 2 rings (SSSR count). The van der Waals surface area contributed by atoms with Crippen LogP contribution in [-0.4, -0.2) is 26.6 Å². The topological polar surface area (TPSA) is 25.8 Å². The number of hydrogen-bond donors (Lipinski definition) is 0. The van der Waals surface area contributed by atoms with Crippen molar-refractivity contribution in [3.63, 3.8) is 0 Å². The summed E-state index contributed by atoms with van der Waals surface area (Å²) >= 11 is 7.72. The van der Waals surface area contributed by atoms with Crippen molar-refractivity contribution in [2.24, 2.45) is 0 Å². The molecular formula is C6H7IN2S3. The van der Waals surface area contributed by atoms with Crippen LogP contribution in [0.15, 0.2) is 0 Å². The summed E-state index contributed by atoms with van der Waals surface area (Å²) in [4.78, 5) is 4.39. The van der Waals surface area contributed by atoms with Crippen molar-refractivity contribution in [3.05, 3.63) is 8.84 Å². The zero-order valence-electron chi connectivity index (χ0n) is 6.20. The highest BCUT2D eigenvalue weighted by Gasteiger charge is 2.20. The van der Waals surface area contributed by atoms with Crippen molar-refractivity contribution >= 4 is 57.6 Å². The lowest BCUT2D eigenvalue weighted by molar-refractivity contribution is 0.971. The molecule has 6 heteroatoms. The van der Waals surface area contributed by atoms with Crippen molar-refractivity contribution in [1.82, 2.24) is 9.36 Å². The summed E-state index contributed by atoms with van der Waals surface area (Å²) in [5.41, 5.74) is 0. The van der Waals surface area contributed by atoms with Crippen LogP contribution in [0.2, 0.25) is 0 Å². The minimum absolute atomic E-state index is 0.545. The van der Waals surface area contributed by atoms with Crippen LogP contribution in [0.4, 0.5) is 0 Å². The van der Waals surface area contributed by atoms with Gasteiger partial charge in [0.25, 0.3) is 0 Å². The Labute approximate surface area is 97.6 Å². The first-order valence-electron chi connectivity index (χ1n) is 3.55. The van der Waals surface area contributed by atoms with Crippen molar-refractivity contribution in [2.75, 3.05) is 17.3 Å². The Morgan fingerprint density at radius 1 is 1.42 bits per heavy atom. The lowest BCUT2D eigenvalue weighted by Gasteiger charge is -2.17. The van der Waals surface area contributed by atoms with Gasteiger partial charge in [0, 0.05) is 17.3 Å². The monoisotopic (exact) mass is 330 g/mol. The van der Waals surface area contributed by atoms with Crippen LogP contribution in [0.25, 0.3) is 0 Å². The van der Waals surface area contributed by atoms with Gasteiger partial charge in [0.15, 0.2) is 8.84 Å².